The lowest BCUT2D eigenvalue weighted by Crippen LogP contribution is -2.63. The lowest BCUT2D eigenvalue weighted by atomic mass is 9.34. The minimum Gasteiger partial charge on any atom is -0.349 e. The van der Waals surface area contributed by atoms with Crippen molar-refractivity contribution in [3.63, 3.8) is 0 Å². The van der Waals surface area contributed by atoms with Crippen LogP contribution < -0.4 is 0 Å². The van der Waals surface area contributed by atoms with E-state index in [9.17, 15) is 4.79 Å². The lowest BCUT2D eigenvalue weighted by Gasteiger charge is -2.70. The summed E-state index contributed by atoms with van der Waals surface area (Å²) in [6.07, 6.45) is 16.5. The van der Waals surface area contributed by atoms with Crippen molar-refractivity contribution >= 4 is 6.29 Å². The molecule has 5 heteroatoms. The third-order valence-corrected chi connectivity index (χ3v) is 19.2. The maximum absolute atomic E-state index is 12.9. The number of hydrogen-bond acceptors (Lipinski definition) is 5. The van der Waals surface area contributed by atoms with Gasteiger partial charge in [-0.05, 0) is 147 Å². The largest absolute Gasteiger partial charge is 0.349 e. The zero-order chi connectivity index (χ0) is 37.8. The van der Waals surface area contributed by atoms with Crippen molar-refractivity contribution in [2.24, 2.45) is 80.3 Å². The highest BCUT2D eigenvalue weighted by atomic mass is 16.7. The summed E-state index contributed by atoms with van der Waals surface area (Å²) < 4.78 is 27.8. The predicted molar refractivity (Wildman–Crippen MR) is 209 cm³/mol. The maximum atomic E-state index is 12.9. The zero-order valence-corrected chi connectivity index (χ0v) is 35.6. The molecule has 0 bridgehead atoms. The first-order valence-electron chi connectivity index (χ1n) is 22.1. The first kappa shape index (κ1) is 39.5. The normalized spacial score (nSPS) is 55.9. The SMILES string of the molecule is CCC1O[C@@H](O[C@H]2C(C)[C@H](C)C(C)O[C@H]2O[C@H]2CCC3(C)C4CC=C5C6CC(C)(C)CC[C@]6(C=O)CC[C@@]5(C)[C@@]4(C)CC[C@H]3C2C)[C@@H](C)C(C)[C@H]1C. The molecule has 0 N–H and O–H groups in total. The molecule has 4 saturated carbocycles. The second-order valence-electron chi connectivity index (χ2n) is 21.7. The molecule has 0 aromatic heterocycles. The molecule has 5 nitrogen and oxygen atoms in total. The Morgan fingerprint density at radius 1 is 0.750 bits per heavy atom. The van der Waals surface area contributed by atoms with Gasteiger partial charge in [-0.1, -0.05) is 94.7 Å². The van der Waals surface area contributed by atoms with E-state index >= 15 is 0 Å². The average molecular weight is 723 g/mol. The molecule has 8 unspecified atom stereocenters. The fraction of sp³-hybridized carbons (Fsp3) is 0.936. The summed E-state index contributed by atoms with van der Waals surface area (Å²) in [5, 5.41) is 0. The average Bonchev–Trinajstić information content (AvgIpc) is 3.10. The number of carbonyl (C=O) groups excluding carboxylic acids is 1. The molecular formula is C47H78O5. The molecule has 52 heavy (non-hydrogen) atoms. The van der Waals surface area contributed by atoms with Crippen molar-refractivity contribution in [3.8, 4) is 0 Å². The quantitative estimate of drug-likeness (QED) is 0.155. The van der Waals surface area contributed by atoms with Gasteiger partial charge in [0.2, 0.25) is 0 Å². The lowest BCUT2D eigenvalue weighted by molar-refractivity contribution is -0.347. The van der Waals surface area contributed by atoms with Gasteiger partial charge in [-0.3, -0.25) is 0 Å². The standard InChI is InChI=1S/C47H78O5/c1-14-37-29(4)27(2)31(6)41(50-37)52-40-30(5)28(3)33(8)49-42(40)51-38-18-19-44(11)34(32(38)7)17-20-46(13)39(44)16-15-35-36-25-43(9,10)21-23-47(36,26-48)24-22-45(35,46)12/h15,26-34,36-42H,14,16-25H2,1-13H3/t27?,28-,29+,30?,31-,32?,33?,34-,36?,37?,38-,39?,40-,41-,42-,44?,45+,46-,47+/m0/s1. The molecule has 0 radical (unpaired) electrons. The van der Waals surface area contributed by atoms with E-state index in [4.69, 9.17) is 18.9 Å². The van der Waals surface area contributed by atoms with Crippen LogP contribution in [0.15, 0.2) is 11.6 Å². The molecular weight excluding hydrogens is 645 g/mol. The second-order valence-corrected chi connectivity index (χ2v) is 21.7. The van der Waals surface area contributed by atoms with E-state index in [1.807, 2.05) is 0 Å². The van der Waals surface area contributed by atoms with E-state index in [2.05, 4.69) is 96.1 Å². The van der Waals surface area contributed by atoms with Crippen LogP contribution >= 0.6 is 0 Å². The summed E-state index contributed by atoms with van der Waals surface area (Å²) in [5.41, 5.74) is 2.53. The summed E-state index contributed by atoms with van der Waals surface area (Å²) in [6.45, 7) is 31.5. The van der Waals surface area contributed by atoms with Crippen LogP contribution in [-0.4, -0.2) is 43.3 Å². The van der Waals surface area contributed by atoms with Crippen molar-refractivity contribution in [3.05, 3.63) is 11.6 Å². The fourth-order valence-electron chi connectivity index (χ4n) is 14.4. The van der Waals surface area contributed by atoms with E-state index in [1.54, 1.807) is 5.57 Å². The van der Waals surface area contributed by atoms with Gasteiger partial charge in [0.25, 0.3) is 0 Å². The molecule has 2 aliphatic heterocycles. The van der Waals surface area contributed by atoms with Crippen molar-refractivity contribution in [2.75, 3.05) is 0 Å². The molecule has 2 saturated heterocycles. The van der Waals surface area contributed by atoms with Crippen LogP contribution in [0.3, 0.4) is 0 Å². The van der Waals surface area contributed by atoms with Crippen LogP contribution in [0.5, 0.6) is 0 Å². The van der Waals surface area contributed by atoms with Crippen LogP contribution in [0.4, 0.5) is 0 Å². The van der Waals surface area contributed by atoms with Crippen molar-refractivity contribution in [2.45, 2.75) is 198 Å². The van der Waals surface area contributed by atoms with Crippen LogP contribution in [0.25, 0.3) is 0 Å². The van der Waals surface area contributed by atoms with Crippen LogP contribution in [0, 0.1) is 80.3 Å². The highest BCUT2D eigenvalue weighted by molar-refractivity contribution is 5.63. The molecule has 0 amide bonds. The van der Waals surface area contributed by atoms with E-state index in [0.29, 0.717) is 58.7 Å². The first-order valence-corrected chi connectivity index (χ1v) is 22.1. The van der Waals surface area contributed by atoms with Gasteiger partial charge in [0.1, 0.15) is 12.4 Å². The molecule has 0 aromatic carbocycles. The van der Waals surface area contributed by atoms with Crippen LogP contribution in [0.2, 0.25) is 0 Å². The Morgan fingerprint density at radius 2 is 1.46 bits per heavy atom. The summed E-state index contributed by atoms with van der Waals surface area (Å²) >= 11 is 0. The van der Waals surface area contributed by atoms with Gasteiger partial charge in [-0.15, -0.1) is 0 Å². The van der Waals surface area contributed by atoms with Crippen molar-refractivity contribution in [1.29, 1.82) is 0 Å². The number of allylic oxidation sites excluding steroid dienone is 2. The number of carbonyl (C=O) groups is 1. The van der Waals surface area contributed by atoms with Gasteiger partial charge in [0.15, 0.2) is 12.6 Å². The number of rotatable bonds is 6. The summed E-state index contributed by atoms with van der Waals surface area (Å²) in [5.74, 6) is 4.23. The summed E-state index contributed by atoms with van der Waals surface area (Å²) in [6, 6.07) is 0. The summed E-state index contributed by atoms with van der Waals surface area (Å²) in [7, 11) is 0. The smallest absolute Gasteiger partial charge is 0.184 e. The zero-order valence-electron chi connectivity index (χ0n) is 35.6. The Morgan fingerprint density at radius 3 is 2.15 bits per heavy atom. The highest BCUT2D eigenvalue weighted by Crippen LogP contribution is 2.74. The molecule has 296 valence electrons. The van der Waals surface area contributed by atoms with E-state index in [0.717, 1.165) is 32.1 Å². The molecule has 7 rings (SSSR count). The molecule has 0 aromatic rings. The third-order valence-electron chi connectivity index (χ3n) is 19.2. The fourth-order valence-corrected chi connectivity index (χ4v) is 14.4. The Kier molecular flexibility index (Phi) is 10.4. The number of fused-ring (bicyclic) bond motifs is 7. The molecule has 2 heterocycles. The Bertz CT molecular complexity index is 1350. The maximum Gasteiger partial charge on any atom is 0.184 e. The van der Waals surface area contributed by atoms with Gasteiger partial charge >= 0.3 is 0 Å². The molecule has 19 atom stereocenters. The number of hydrogen-bond donors (Lipinski definition) is 0. The van der Waals surface area contributed by atoms with Gasteiger partial charge in [-0.2, -0.15) is 0 Å². The number of aldehydes is 1. The summed E-state index contributed by atoms with van der Waals surface area (Å²) in [4.78, 5) is 12.9. The van der Waals surface area contributed by atoms with Gasteiger partial charge in [0.05, 0.1) is 18.3 Å². The number of ether oxygens (including phenoxy) is 4. The molecule has 5 aliphatic carbocycles. The van der Waals surface area contributed by atoms with Crippen LogP contribution in [-0.2, 0) is 23.7 Å². The minimum atomic E-state index is -0.378. The minimum absolute atomic E-state index is 0.124. The Hall–Kier alpha value is -0.750. The Balaban J connectivity index is 1.11. The second kappa shape index (κ2) is 13.7. The Labute approximate surface area is 318 Å². The predicted octanol–water partition coefficient (Wildman–Crippen LogP) is 11.4. The topological polar surface area (TPSA) is 54.0 Å². The third kappa shape index (κ3) is 5.91. The molecule has 6 fully saturated rings. The van der Waals surface area contributed by atoms with Crippen molar-refractivity contribution < 1.29 is 23.7 Å². The monoisotopic (exact) mass is 723 g/mol. The molecule has 0 spiro atoms. The molecule has 7 aliphatic rings. The van der Waals surface area contributed by atoms with E-state index in [-0.39, 0.29) is 58.7 Å². The van der Waals surface area contributed by atoms with Crippen molar-refractivity contribution in [1.82, 2.24) is 0 Å². The van der Waals surface area contributed by atoms with E-state index < -0.39 is 0 Å². The van der Waals surface area contributed by atoms with Gasteiger partial charge in [-0.25, -0.2) is 0 Å². The first-order chi connectivity index (χ1) is 24.4. The van der Waals surface area contributed by atoms with Crippen LogP contribution in [0.1, 0.15) is 161 Å². The van der Waals surface area contributed by atoms with Gasteiger partial charge < -0.3 is 23.7 Å². The highest BCUT2D eigenvalue weighted by Gasteiger charge is 2.67. The van der Waals surface area contributed by atoms with Gasteiger partial charge in [0, 0.05) is 11.3 Å². The van der Waals surface area contributed by atoms with E-state index in [1.165, 1.54) is 44.8 Å².